The molecule has 0 aliphatic carbocycles. The van der Waals surface area contributed by atoms with Crippen molar-refractivity contribution in [1.29, 1.82) is 0 Å². The van der Waals surface area contributed by atoms with Gasteiger partial charge in [-0.3, -0.25) is 0 Å². The van der Waals surface area contributed by atoms with Crippen LogP contribution in [-0.2, 0) is 13.1 Å². The zero-order valence-electron chi connectivity index (χ0n) is 11.1. The summed E-state index contributed by atoms with van der Waals surface area (Å²) in [7, 11) is 0. The quantitative estimate of drug-likeness (QED) is 0.808. The van der Waals surface area contributed by atoms with E-state index in [1.165, 1.54) is 4.57 Å². The van der Waals surface area contributed by atoms with Crippen LogP contribution in [0.1, 0.15) is 25.7 Å². The molecule has 0 atom stereocenters. The van der Waals surface area contributed by atoms with Crippen molar-refractivity contribution in [3.8, 4) is 5.69 Å². The molecule has 1 aliphatic rings. The standard InChI is InChI=1S/C14H16ClN3O2/c15-11-5-7-12(8-6-11)18-13(19)16-9-3-1-2-4-10-17(16)14(18)20/h5-8H,1-4,9-10H2. The van der Waals surface area contributed by atoms with E-state index in [1.54, 1.807) is 33.6 Å². The van der Waals surface area contributed by atoms with Crippen molar-refractivity contribution in [2.45, 2.75) is 38.8 Å². The average molecular weight is 294 g/mol. The van der Waals surface area contributed by atoms with Crippen molar-refractivity contribution in [3.05, 3.63) is 50.3 Å². The van der Waals surface area contributed by atoms with Gasteiger partial charge >= 0.3 is 11.4 Å². The van der Waals surface area contributed by atoms with Gasteiger partial charge in [0.1, 0.15) is 0 Å². The molecule has 6 heteroatoms. The number of benzene rings is 1. The molecule has 0 unspecified atom stereocenters. The maximum absolute atomic E-state index is 12.5. The van der Waals surface area contributed by atoms with Crippen LogP contribution in [0, 0.1) is 0 Å². The van der Waals surface area contributed by atoms with Crippen molar-refractivity contribution in [1.82, 2.24) is 13.9 Å². The SMILES string of the molecule is O=c1n(-c2ccc(Cl)cc2)c(=O)n2n1CCCCCC2. The van der Waals surface area contributed by atoms with Gasteiger partial charge in [0.15, 0.2) is 0 Å². The second-order valence-electron chi connectivity index (χ2n) is 5.04. The van der Waals surface area contributed by atoms with Crippen LogP contribution in [0.4, 0.5) is 0 Å². The summed E-state index contributed by atoms with van der Waals surface area (Å²) in [4.78, 5) is 24.9. The highest BCUT2D eigenvalue weighted by Crippen LogP contribution is 2.12. The second kappa shape index (κ2) is 5.32. The number of hydrogen-bond acceptors (Lipinski definition) is 2. The van der Waals surface area contributed by atoms with Crippen LogP contribution in [0.2, 0.25) is 5.02 Å². The minimum atomic E-state index is -0.265. The molecule has 0 spiro atoms. The molecule has 0 saturated heterocycles. The molecule has 0 fully saturated rings. The molecule has 1 aromatic heterocycles. The molecule has 106 valence electrons. The molecule has 0 N–H and O–H groups in total. The number of aromatic nitrogens is 3. The molecule has 0 amide bonds. The minimum absolute atomic E-state index is 0.265. The Balaban J connectivity index is 2.17. The lowest BCUT2D eigenvalue weighted by molar-refractivity contribution is 0.371. The van der Waals surface area contributed by atoms with E-state index < -0.39 is 0 Å². The van der Waals surface area contributed by atoms with E-state index in [0.717, 1.165) is 25.7 Å². The number of fused-ring (bicyclic) bond motifs is 1. The van der Waals surface area contributed by atoms with E-state index in [1.807, 2.05) is 0 Å². The van der Waals surface area contributed by atoms with Gasteiger partial charge in [-0.15, -0.1) is 0 Å². The molecule has 3 rings (SSSR count). The molecule has 1 aromatic carbocycles. The number of hydrogen-bond donors (Lipinski definition) is 0. The lowest BCUT2D eigenvalue weighted by atomic mass is 10.2. The zero-order valence-corrected chi connectivity index (χ0v) is 11.8. The normalized spacial score (nSPS) is 15.4. The van der Waals surface area contributed by atoms with Crippen LogP contribution in [0.5, 0.6) is 0 Å². The van der Waals surface area contributed by atoms with Gasteiger partial charge < -0.3 is 0 Å². The maximum Gasteiger partial charge on any atom is 0.351 e. The fourth-order valence-corrected chi connectivity index (χ4v) is 2.77. The van der Waals surface area contributed by atoms with Crippen LogP contribution in [0.25, 0.3) is 5.69 Å². The van der Waals surface area contributed by atoms with Crippen LogP contribution in [0.3, 0.4) is 0 Å². The summed E-state index contributed by atoms with van der Waals surface area (Å²) >= 11 is 5.85. The van der Waals surface area contributed by atoms with E-state index >= 15 is 0 Å². The molecular weight excluding hydrogens is 278 g/mol. The van der Waals surface area contributed by atoms with Gasteiger partial charge in [0, 0.05) is 18.1 Å². The molecule has 1 aliphatic heterocycles. The first-order valence-corrected chi connectivity index (χ1v) is 7.25. The highest BCUT2D eigenvalue weighted by Gasteiger charge is 2.17. The van der Waals surface area contributed by atoms with Gasteiger partial charge in [0.05, 0.1) is 5.69 Å². The van der Waals surface area contributed by atoms with Crippen LogP contribution in [0.15, 0.2) is 33.9 Å². The highest BCUT2D eigenvalue weighted by atomic mass is 35.5. The van der Waals surface area contributed by atoms with E-state index in [-0.39, 0.29) is 11.4 Å². The van der Waals surface area contributed by atoms with Gasteiger partial charge in [-0.2, -0.15) is 0 Å². The summed E-state index contributed by atoms with van der Waals surface area (Å²) in [5.41, 5.74) is 0.0367. The first-order valence-electron chi connectivity index (χ1n) is 6.87. The highest BCUT2D eigenvalue weighted by molar-refractivity contribution is 6.30. The summed E-state index contributed by atoms with van der Waals surface area (Å²) in [5.74, 6) is 0. The molecule has 0 saturated carbocycles. The largest absolute Gasteiger partial charge is 0.351 e. The third-order valence-electron chi connectivity index (χ3n) is 3.69. The van der Waals surface area contributed by atoms with Gasteiger partial charge in [0.25, 0.3) is 0 Å². The van der Waals surface area contributed by atoms with Gasteiger partial charge in [-0.25, -0.2) is 23.5 Å². The van der Waals surface area contributed by atoms with Crippen molar-refractivity contribution < 1.29 is 0 Å². The van der Waals surface area contributed by atoms with E-state index in [2.05, 4.69) is 0 Å². The fourth-order valence-electron chi connectivity index (χ4n) is 2.64. The van der Waals surface area contributed by atoms with Gasteiger partial charge in [-0.1, -0.05) is 24.4 Å². The Bertz CT molecular complexity index is 685. The Labute approximate surface area is 121 Å². The predicted octanol–water partition coefficient (Wildman–Crippen LogP) is 2.03. The van der Waals surface area contributed by atoms with Crippen molar-refractivity contribution in [2.24, 2.45) is 0 Å². The van der Waals surface area contributed by atoms with Crippen molar-refractivity contribution in [3.63, 3.8) is 0 Å². The van der Waals surface area contributed by atoms with Gasteiger partial charge in [-0.05, 0) is 37.1 Å². The van der Waals surface area contributed by atoms with Crippen LogP contribution < -0.4 is 11.4 Å². The Morgan fingerprint density at radius 2 is 1.30 bits per heavy atom. The topological polar surface area (TPSA) is 48.9 Å². The minimum Gasteiger partial charge on any atom is -0.246 e. The van der Waals surface area contributed by atoms with Crippen LogP contribution >= 0.6 is 11.6 Å². The Hall–Kier alpha value is -1.75. The van der Waals surface area contributed by atoms with Gasteiger partial charge in [0.2, 0.25) is 0 Å². The zero-order chi connectivity index (χ0) is 14.1. The van der Waals surface area contributed by atoms with E-state index in [0.29, 0.717) is 23.8 Å². The fraction of sp³-hybridized carbons (Fsp3) is 0.429. The Morgan fingerprint density at radius 3 is 1.80 bits per heavy atom. The Kier molecular flexibility index (Phi) is 3.53. The van der Waals surface area contributed by atoms with E-state index in [4.69, 9.17) is 11.6 Å². The monoisotopic (exact) mass is 293 g/mol. The summed E-state index contributed by atoms with van der Waals surface area (Å²) in [5, 5.41) is 0.583. The summed E-state index contributed by atoms with van der Waals surface area (Å²) in [6.45, 7) is 1.21. The number of nitrogens with zero attached hydrogens (tertiary/aromatic N) is 3. The third-order valence-corrected chi connectivity index (χ3v) is 3.94. The molecule has 20 heavy (non-hydrogen) atoms. The number of rotatable bonds is 1. The number of halogens is 1. The third kappa shape index (κ3) is 2.22. The smallest absolute Gasteiger partial charge is 0.246 e. The molecule has 5 nitrogen and oxygen atoms in total. The molecule has 0 bridgehead atoms. The first kappa shape index (κ1) is 13.2. The molecule has 2 aromatic rings. The van der Waals surface area contributed by atoms with Crippen molar-refractivity contribution in [2.75, 3.05) is 0 Å². The average Bonchev–Trinajstić information content (AvgIpc) is 2.61. The second-order valence-corrected chi connectivity index (χ2v) is 5.47. The Morgan fingerprint density at radius 1 is 0.800 bits per heavy atom. The van der Waals surface area contributed by atoms with Crippen LogP contribution in [-0.4, -0.2) is 13.9 Å². The predicted molar refractivity (Wildman–Crippen MR) is 77.8 cm³/mol. The van der Waals surface area contributed by atoms with E-state index in [9.17, 15) is 9.59 Å². The molecule has 0 radical (unpaired) electrons. The summed E-state index contributed by atoms with van der Waals surface area (Å²) in [6, 6.07) is 6.75. The molecule has 2 heterocycles. The lowest BCUT2D eigenvalue weighted by Gasteiger charge is -2.12. The summed E-state index contributed by atoms with van der Waals surface area (Å²) in [6.07, 6.45) is 4.08. The first-order chi connectivity index (χ1) is 9.68. The summed E-state index contributed by atoms with van der Waals surface area (Å²) < 4.78 is 4.36. The maximum atomic E-state index is 12.5. The van der Waals surface area contributed by atoms with Crippen molar-refractivity contribution >= 4 is 11.6 Å². The lowest BCUT2D eigenvalue weighted by Crippen LogP contribution is -2.28. The molecular formula is C14H16ClN3O2.